The van der Waals surface area contributed by atoms with Crippen molar-refractivity contribution in [3.8, 4) is 0 Å². The molecule has 2 aromatic heterocycles. The average molecular weight is 494 g/mol. The van der Waals surface area contributed by atoms with E-state index in [4.69, 9.17) is 22.1 Å². The zero-order valence-electron chi connectivity index (χ0n) is 16.4. The second-order valence-corrected chi connectivity index (χ2v) is 9.40. The number of hydrogen-bond donors (Lipinski definition) is 2. The molecule has 1 saturated heterocycles. The molecular weight excluding hydrogens is 478 g/mol. The van der Waals surface area contributed by atoms with Crippen LogP contribution in [0.15, 0.2) is 28.0 Å². The summed E-state index contributed by atoms with van der Waals surface area (Å²) >= 11 is 5.71. The first-order valence-electron chi connectivity index (χ1n) is 9.18. The molecule has 1 aromatic carbocycles. The highest BCUT2D eigenvalue weighted by Crippen LogP contribution is 2.37. The lowest BCUT2D eigenvalue weighted by Crippen LogP contribution is -2.49. The largest absolute Gasteiger partial charge is 0.416 e. The van der Waals surface area contributed by atoms with Crippen molar-refractivity contribution in [1.29, 1.82) is 0 Å². The van der Waals surface area contributed by atoms with Gasteiger partial charge in [0, 0.05) is 11.6 Å². The van der Waals surface area contributed by atoms with Gasteiger partial charge in [0.15, 0.2) is 11.9 Å². The highest BCUT2D eigenvalue weighted by molar-refractivity contribution is 7.92. The van der Waals surface area contributed by atoms with E-state index in [9.17, 15) is 26.0 Å². The van der Waals surface area contributed by atoms with Crippen molar-refractivity contribution in [2.24, 2.45) is 0 Å². The summed E-state index contributed by atoms with van der Waals surface area (Å²) < 4.78 is 85.1. The molecule has 14 heteroatoms. The Bertz CT molecular complexity index is 1310. The molecule has 0 bridgehead atoms. The highest BCUT2D eigenvalue weighted by Gasteiger charge is 2.44. The Morgan fingerprint density at radius 2 is 2.03 bits per heavy atom. The molecule has 1 atom stereocenters. The smallest absolute Gasteiger partial charge is 0.384 e. The maximum atomic E-state index is 14.4. The van der Waals surface area contributed by atoms with Crippen molar-refractivity contribution < 1.29 is 30.7 Å². The standard InChI is InChI=1S/C18H16ClF4N5O3S/c1-8-25-13-14(17(26-8)28-4-5-31-12(7-28)18(21,22)23)27-16(24)15(13)32(29,30)11-3-2-9(19)6-10(11)20/h2-3,6,12,27H,4-5,7,24H2,1H3/t12-/m1/s1. The molecule has 0 aliphatic carbocycles. The summed E-state index contributed by atoms with van der Waals surface area (Å²) in [6.45, 7) is 0.756. The lowest BCUT2D eigenvalue weighted by molar-refractivity contribution is -0.221. The number of sulfone groups is 1. The normalized spacial score (nSPS) is 17.8. The number of aromatic amines is 1. The number of aryl methyl sites for hydroxylation is 1. The number of nitrogen functional groups attached to an aromatic ring is 1. The molecule has 172 valence electrons. The van der Waals surface area contributed by atoms with E-state index in [2.05, 4.69) is 15.0 Å². The van der Waals surface area contributed by atoms with E-state index in [1.54, 1.807) is 0 Å². The molecule has 8 nitrogen and oxygen atoms in total. The Labute approximate surface area is 184 Å². The Morgan fingerprint density at radius 3 is 2.69 bits per heavy atom. The van der Waals surface area contributed by atoms with Crippen LogP contribution in [0.25, 0.3) is 11.0 Å². The minimum absolute atomic E-state index is 0.000315. The molecule has 0 spiro atoms. The summed E-state index contributed by atoms with van der Waals surface area (Å²) in [4.78, 5) is 11.1. The van der Waals surface area contributed by atoms with Crippen molar-refractivity contribution in [3.63, 3.8) is 0 Å². The fourth-order valence-electron chi connectivity index (χ4n) is 3.50. The van der Waals surface area contributed by atoms with Crippen LogP contribution < -0.4 is 10.6 Å². The van der Waals surface area contributed by atoms with Gasteiger partial charge in [-0.1, -0.05) is 11.6 Å². The van der Waals surface area contributed by atoms with Gasteiger partial charge in [-0.2, -0.15) is 13.2 Å². The number of alkyl halides is 3. The van der Waals surface area contributed by atoms with Crippen molar-refractivity contribution >= 4 is 44.1 Å². The maximum Gasteiger partial charge on any atom is 0.416 e. The molecule has 0 unspecified atom stereocenters. The van der Waals surface area contributed by atoms with Crippen LogP contribution >= 0.6 is 11.6 Å². The fourth-order valence-corrected chi connectivity index (χ4v) is 5.18. The van der Waals surface area contributed by atoms with E-state index in [0.29, 0.717) is 0 Å². The van der Waals surface area contributed by atoms with Crippen LogP contribution in [0.5, 0.6) is 0 Å². The van der Waals surface area contributed by atoms with Crippen LogP contribution in [0.4, 0.5) is 29.2 Å². The molecule has 4 rings (SSSR count). The summed E-state index contributed by atoms with van der Waals surface area (Å²) in [5.41, 5.74) is 5.79. The number of H-pyrrole nitrogens is 1. The topological polar surface area (TPSA) is 114 Å². The second-order valence-electron chi connectivity index (χ2n) is 7.11. The average Bonchev–Trinajstić information content (AvgIpc) is 3.02. The minimum Gasteiger partial charge on any atom is -0.384 e. The summed E-state index contributed by atoms with van der Waals surface area (Å²) in [5, 5.41) is 0.000315. The number of hydrogen-bond acceptors (Lipinski definition) is 7. The van der Waals surface area contributed by atoms with E-state index in [0.717, 1.165) is 12.1 Å². The molecule has 3 aromatic rings. The third-order valence-corrected chi connectivity index (χ3v) is 7.00. The number of nitrogens with zero attached hydrogens (tertiary/aromatic N) is 3. The minimum atomic E-state index is -4.59. The first kappa shape index (κ1) is 22.6. The van der Waals surface area contributed by atoms with E-state index in [-0.39, 0.29) is 46.7 Å². The second kappa shape index (κ2) is 7.74. The number of nitrogens with one attached hydrogen (secondary N) is 1. The van der Waals surface area contributed by atoms with Gasteiger partial charge in [0.1, 0.15) is 38.3 Å². The van der Waals surface area contributed by atoms with Crippen LogP contribution in [0.3, 0.4) is 0 Å². The summed E-state index contributed by atoms with van der Waals surface area (Å²) in [6, 6.07) is 3.05. The van der Waals surface area contributed by atoms with E-state index in [1.807, 2.05) is 0 Å². The first-order valence-corrected chi connectivity index (χ1v) is 11.0. The number of rotatable bonds is 3. The lowest BCUT2D eigenvalue weighted by atomic mass is 10.2. The monoisotopic (exact) mass is 493 g/mol. The number of anilines is 2. The van der Waals surface area contributed by atoms with Crippen molar-refractivity contribution in [3.05, 3.63) is 34.9 Å². The van der Waals surface area contributed by atoms with Gasteiger partial charge in [0.05, 0.1) is 13.2 Å². The maximum absolute atomic E-state index is 14.4. The van der Waals surface area contributed by atoms with Crippen LogP contribution in [0, 0.1) is 12.7 Å². The van der Waals surface area contributed by atoms with E-state index in [1.165, 1.54) is 17.9 Å². The number of morpholine rings is 1. The number of halogens is 5. The van der Waals surface area contributed by atoms with E-state index < -0.39 is 44.3 Å². The molecule has 32 heavy (non-hydrogen) atoms. The molecule has 1 fully saturated rings. The van der Waals surface area contributed by atoms with Gasteiger partial charge in [0.2, 0.25) is 9.84 Å². The lowest BCUT2D eigenvalue weighted by Gasteiger charge is -2.34. The Kier molecular flexibility index (Phi) is 5.46. The van der Waals surface area contributed by atoms with Gasteiger partial charge in [-0.25, -0.2) is 22.8 Å². The van der Waals surface area contributed by atoms with Gasteiger partial charge in [-0.3, -0.25) is 0 Å². The van der Waals surface area contributed by atoms with Crippen LogP contribution in [-0.4, -0.2) is 55.3 Å². The first-order chi connectivity index (χ1) is 14.9. The third-order valence-electron chi connectivity index (χ3n) is 4.90. The Hall–Kier alpha value is -2.64. The molecule has 0 radical (unpaired) electrons. The number of nitrogens with two attached hydrogens (primary N) is 1. The van der Waals surface area contributed by atoms with Gasteiger partial charge < -0.3 is 20.4 Å². The third kappa shape index (κ3) is 3.84. The van der Waals surface area contributed by atoms with Gasteiger partial charge in [0.25, 0.3) is 0 Å². The highest BCUT2D eigenvalue weighted by atomic mass is 35.5. The summed E-state index contributed by atoms with van der Waals surface area (Å²) in [7, 11) is -4.50. The zero-order chi connectivity index (χ0) is 23.4. The van der Waals surface area contributed by atoms with Crippen molar-refractivity contribution in [2.75, 3.05) is 30.3 Å². The quantitative estimate of drug-likeness (QED) is 0.538. The number of aromatic nitrogens is 3. The molecule has 3 heterocycles. The Balaban J connectivity index is 1.88. The molecule has 1 aliphatic heterocycles. The van der Waals surface area contributed by atoms with Crippen molar-refractivity contribution in [2.45, 2.75) is 29.0 Å². The fraction of sp³-hybridized carbons (Fsp3) is 0.333. The van der Waals surface area contributed by atoms with Gasteiger partial charge in [-0.15, -0.1) is 0 Å². The molecular formula is C18H16ClF4N5O3S. The Morgan fingerprint density at radius 1 is 1.31 bits per heavy atom. The number of benzene rings is 1. The molecule has 0 saturated carbocycles. The number of fused-ring (bicyclic) bond motifs is 1. The predicted molar refractivity (Wildman–Crippen MR) is 108 cm³/mol. The van der Waals surface area contributed by atoms with Gasteiger partial charge in [-0.05, 0) is 25.1 Å². The molecule has 3 N–H and O–H groups in total. The molecule has 1 aliphatic rings. The van der Waals surface area contributed by atoms with Crippen LogP contribution in [-0.2, 0) is 14.6 Å². The van der Waals surface area contributed by atoms with E-state index >= 15 is 0 Å². The van der Waals surface area contributed by atoms with Crippen LogP contribution in [0.1, 0.15) is 5.82 Å². The zero-order valence-corrected chi connectivity index (χ0v) is 17.9. The number of ether oxygens (including phenoxy) is 1. The SMILES string of the molecule is Cc1nc(N2CCO[C@@H](C(F)(F)F)C2)c2[nH]c(N)c(S(=O)(=O)c3ccc(Cl)cc3F)c2n1. The summed E-state index contributed by atoms with van der Waals surface area (Å²) in [5.74, 6) is -1.31. The van der Waals surface area contributed by atoms with Crippen LogP contribution in [0.2, 0.25) is 5.02 Å². The van der Waals surface area contributed by atoms with Crippen molar-refractivity contribution in [1.82, 2.24) is 15.0 Å². The summed E-state index contributed by atoms with van der Waals surface area (Å²) in [6.07, 6.45) is -6.63. The van der Waals surface area contributed by atoms with Gasteiger partial charge >= 0.3 is 6.18 Å². The predicted octanol–water partition coefficient (Wildman–Crippen LogP) is 3.24. The molecule has 0 amide bonds.